The Kier molecular flexibility index (Phi) is 3.48. The second kappa shape index (κ2) is 4.64. The Morgan fingerprint density at radius 1 is 1.33 bits per heavy atom. The van der Waals surface area contributed by atoms with E-state index in [2.05, 4.69) is 0 Å². The van der Waals surface area contributed by atoms with Crippen molar-refractivity contribution in [3.8, 4) is 0 Å². The highest BCUT2D eigenvalue weighted by molar-refractivity contribution is 7.91. The number of piperazine rings is 1. The van der Waals surface area contributed by atoms with Crippen molar-refractivity contribution in [3.63, 3.8) is 0 Å². The molecule has 0 aromatic carbocycles. The van der Waals surface area contributed by atoms with E-state index in [0.717, 1.165) is 4.88 Å². The topological polar surface area (TPSA) is 57.7 Å². The monoisotopic (exact) mass is 288 g/mol. The summed E-state index contributed by atoms with van der Waals surface area (Å²) in [4.78, 5) is 14.4. The summed E-state index contributed by atoms with van der Waals surface area (Å²) in [7, 11) is -1.85. The van der Waals surface area contributed by atoms with Crippen molar-refractivity contribution in [2.24, 2.45) is 0 Å². The zero-order valence-corrected chi connectivity index (χ0v) is 12.2. The van der Waals surface area contributed by atoms with Gasteiger partial charge >= 0.3 is 0 Å². The van der Waals surface area contributed by atoms with Crippen LogP contribution in [0.25, 0.3) is 0 Å². The van der Waals surface area contributed by atoms with E-state index in [0.29, 0.717) is 17.3 Å². The molecular weight excluding hydrogens is 272 g/mol. The van der Waals surface area contributed by atoms with Crippen molar-refractivity contribution in [1.29, 1.82) is 0 Å². The Bertz CT molecular complexity index is 565. The van der Waals surface area contributed by atoms with Crippen molar-refractivity contribution >= 4 is 27.3 Å². The molecule has 1 saturated heterocycles. The molecule has 2 heterocycles. The quantitative estimate of drug-likeness (QED) is 0.812. The first kappa shape index (κ1) is 13.5. The van der Waals surface area contributed by atoms with Gasteiger partial charge in [-0.2, -0.15) is 4.31 Å². The van der Waals surface area contributed by atoms with Crippen LogP contribution in [0.1, 0.15) is 11.8 Å². The maximum Gasteiger partial charge on any atom is 0.253 e. The van der Waals surface area contributed by atoms with E-state index in [1.54, 1.807) is 31.0 Å². The molecule has 0 radical (unpaired) electrons. The van der Waals surface area contributed by atoms with E-state index in [1.807, 2.05) is 6.92 Å². The Morgan fingerprint density at radius 2 is 2.00 bits per heavy atom. The van der Waals surface area contributed by atoms with Gasteiger partial charge in [0.2, 0.25) is 5.91 Å². The minimum atomic E-state index is -3.54. The molecule has 1 aromatic heterocycles. The van der Waals surface area contributed by atoms with E-state index < -0.39 is 16.1 Å². The summed E-state index contributed by atoms with van der Waals surface area (Å²) in [5.74, 6) is -0.155. The van der Waals surface area contributed by atoms with Crippen LogP contribution in [0.5, 0.6) is 0 Å². The molecule has 0 N–H and O–H groups in total. The van der Waals surface area contributed by atoms with Gasteiger partial charge in [0.1, 0.15) is 10.3 Å². The summed E-state index contributed by atoms with van der Waals surface area (Å²) in [6.45, 7) is 4.29. The number of hydrogen-bond donors (Lipinski definition) is 0. The molecular formula is C11H16N2O3S2. The van der Waals surface area contributed by atoms with Gasteiger partial charge in [-0.25, -0.2) is 8.42 Å². The summed E-state index contributed by atoms with van der Waals surface area (Å²) in [5, 5.41) is 0. The Morgan fingerprint density at radius 3 is 2.56 bits per heavy atom. The van der Waals surface area contributed by atoms with Crippen LogP contribution in [-0.4, -0.2) is 49.7 Å². The zero-order chi connectivity index (χ0) is 13.5. The van der Waals surface area contributed by atoms with E-state index in [9.17, 15) is 13.2 Å². The fourth-order valence-corrected chi connectivity index (χ4v) is 4.98. The van der Waals surface area contributed by atoms with Gasteiger partial charge in [0, 0.05) is 25.0 Å². The van der Waals surface area contributed by atoms with Crippen molar-refractivity contribution in [2.45, 2.75) is 24.1 Å². The Balaban J connectivity index is 2.34. The highest BCUT2D eigenvalue weighted by Gasteiger charge is 2.38. The van der Waals surface area contributed by atoms with Crippen LogP contribution in [0, 0.1) is 6.92 Å². The molecule has 1 fully saturated rings. The molecule has 1 aliphatic rings. The summed E-state index contributed by atoms with van der Waals surface area (Å²) in [6, 6.07) is 2.75. The van der Waals surface area contributed by atoms with Crippen LogP contribution in [0.4, 0.5) is 0 Å². The number of sulfonamides is 1. The van der Waals surface area contributed by atoms with Gasteiger partial charge < -0.3 is 4.90 Å². The first-order chi connectivity index (χ1) is 8.34. The number of amides is 1. The van der Waals surface area contributed by atoms with Gasteiger partial charge in [0.15, 0.2) is 0 Å². The number of hydrogen-bond acceptors (Lipinski definition) is 4. The van der Waals surface area contributed by atoms with Crippen molar-refractivity contribution in [1.82, 2.24) is 9.21 Å². The summed E-state index contributed by atoms with van der Waals surface area (Å²) in [5.41, 5.74) is 0. The molecule has 0 spiro atoms. The van der Waals surface area contributed by atoms with E-state index in [1.165, 1.54) is 15.6 Å². The third-order valence-corrected chi connectivity index (χ3v) is 6.54. The molecule has 100 valence electrons. The molecule has 1 amide bonds. The fourth-order valence-electron chi connectivity index (χ4n) is 1.99. The molecule has 0 saturated carbocycles. The van der Waals surface area contributed by atoms with E-state index in [4.69, 9.17) is 0 Å². The van der Waals surface area contributed by atoms with Crippen LogP contribution in [-0.2, 0) is 14.8 Å². The minimum absolute atomic E-state index is 0.155. The van der Waals surface area contributed by atoms with Crippen molar-refractivity contribution < 1.29 is 13.2 Å². The normalized spacial score (nSPS) is 22.5. The van der Waals surface area contributed by atoms with Gasteiger partial charge in [-0.3, -0.25) is 4.79 Å². The molecule has 5 nitrogen and oxygen atoms in total. The predicted octanol–water partition coefficient (Wildman–Crippen LogP) is 0.908. The first-order valence-electron chi connectivity index (χ1n) is 5.67. The molecule has 2 rings (SSSR count). The largest absolute Gasteiger partial charge is 0.343 e. The van der Waals surface area contributed by atoms with Crippen LogP contribution < -0.4 is 0 Å². The number of rotatable bonds is 2. The lowest BCUT2D eigenvalue weighted by Gasteiger charge is -2.35. The molecule has 1 atom stereocenters. The second-order valence-corrected chi connectivity index (χ2v) is 7.82. The molecule has 1 aromatic rings. The maximum absolute atomic E-state index is 12.4. The summed E-state index contributed by atoms with van der Waals surface area (Å²) in [6.07, 6.45) is 0. The standard InChI is InChI=1S/C11H16N2O3S2/c1-8-4-5-10(17-8)18(15,16)13-7-6-12(3)11(14)9(13)2/h4-5,9H,6-7H2,1-3H3. The smallest absolute Gasteiger partial charge is 0.253 e. The predicted molar refractivity (Wildman–Crippen MR) is 70.0 cm³/mol. The molecule has 1 aliphatic heterocycles. The Hall–Kier alpha value is -0.920. The van der Waals surface area contributed by atoms with Gasteiger partial charge in [-0.15, -0.1) is 11.3 Å². The Labute approximate surface area is 111 Å². The number of carbonyl (C=O) groups is 1. The van der Waals surface area contributed by atoms with Crippen LogP contribution in [0.2, 0.25) is 0 Å². The summed E-state index contributed by atoms with van der Waals surface area (Å²) < 4.78 is 26.5. The highest BCUT2D eigenvalue weighted by Crippen LogP contribution is 2.27. The average molecular weight is 288 g/mol. The molecule has 7 heteroatoms. The maximum atomic E-state index is 12.4. The van der Waals surface area contributed by atoms with Crippen molar-refractivity contribution in [3.05, 3.63) is 17.0 Å². The van der Waals surface area contributed by atoms with Crippen LogP contribution in [0.15, 0.2) is 16.3 Å². The lowest BCUT2D eigenvalue weighted by molar-refractivity contribution is -0.136. The van der Waals surface area contributed by atoms with Crippen LogP contribution >= 0.6 is 11.3 Å². The third-order valence-electron chi connectivity index (χ3n) is 3.10. The molecule has 0 bridgehead atoms. The lowest BCUT2D eigenvalue weighted by atomic mass is 10.2. The third kappa shape index (κ3) is 2.17. The number of thiophene rings is 1. The van der Waals surface area contributed by atoms with E-state index in [-0.39, 0.29) is 5.91 Å². The lowest BCUT2D eigenvalue weighted by Crippen LogP contribution is -2.56. The van der Waals surface area contributed by atoms with Gasteiger partial charge in [-0.1, -0.05) is 0 Å². The SMILES string of the molecule is Cc1ccc(S(=O)(=O)N2CCN(C)C(=O)C2C)s1. The first-order valence-corrected chi connectivity index (χ1v) is 7.93. The molecule has 0 aliphatic carbocycles. The molecule has 1 unspecified atom stereocenters. The number of likely N-dealkylation sites (N-methyl/N-ethyl adjacent to an activating group) is 1. The minimum Gasteiger partial charge on any atom is -0.343 e. The number of aryl methyl sites for hydroxylation is 1. The zero-order valence-electron chi connectivity index (χ0n) is 10.6. The summed E-state index contributed by atoms with van der Waals surface area (Å²) >= 11 is 1.24. The average Bonchev–Trinajstić information content (AvgIpc) is 2.73. The van der Waals surface area contributed by atoms with Gasteiger partial charge in [-0.05, 0) is 26.0 Å². The van der Waals surface area contributed by atoms with Gasteiger partial charge in [0.25, 0.3) is 10.0 Å². The van der Waals surface area contributed by atoms with Crippen LogP contribution in [0.3, 0.4) is 0 Å². The number of nitrogens with zero attached hydrogens (tertiary/aromatic N) is 2. The molecule has 18 heavy (non-hydrogen) atoms. The van der Waals surface area contributed by atoms with E-state index >= 15 is 0 Å². The van der Waals surface area contributed by atoms with Crippen molar-refractivity contribution in [2.75, 3.05) is 20.1 Å². The second-order valence-electron chi connectivity index (χ2n) is 4.42. The van der Waals surface area contributed by atoms with Gasteiger partial charge in [0.05, 0.1) is 0 Å². The number of carbonyl (C=O) groups excluding carboxylic acids is 1. The fraction of sp³-hybridized carbons (Fsp3) is 0.545. The highest BCUT2D eigenvalue weighted by atomic mass is 32.2.